The molecule has 0 aliphatic carbocycles. The quantitative estimate of drug-likeness (QED) is 0.178. The summed E-state index contributed by atoms with van der Waals surface area (Å²) in [6.07, 6.45) is 9.74. The number of hydrogen-bond donors (Lipinski definition) is 0. The van der Waals surface area contributed by atoms with Gasteiger partial charge in [0.25, 0.3) is 0 Å². The standard InChI is InChI=1S/2C14H17N2O2.C7H5N4.Ir/c2*1-10-11(2)16(9-15(10)3)13-7-6-12(17-4)8-14(13)18-5;1-2-4-8-6(3-1)7-5-9-11-10-7;/h2*6,8H,1-5H3;1-5H;/q3*-1;. The zero-order chi connectivity index (χ0) is 34.1. The maximum Gasteiger partial charge on any atom is 0.241 e. The Bertz CT molecular complexity index is 1800. The fourth-order valence-corrected chi connectivity index (χ4v) is 4.45. The SMILES string of the molecule is COc1c[c-]c(-n2[c-][n+](C)c(C)c2C)c(OC)c1.COc1c[c-]c(-n2[c-][n+](C)c(C)c2C)c(OC)c1.[Ir].c1ccc(-c2cnn[n-]2)nc1. The molecule has 6 aromatic rings. The zero-order valence-corrected chi connectivity index (χ0v) is 31.1. The molecule has 48 heavy (non-hydrogen) atoms. The maximum absolute atomic E-state index is 5.39. The topological polar surface area (TPSA) is 107 Å². The van der Waals surface area contributed by atoms with E-state index in [9.17, 15) is 0 Å². The minimum atomic E-state index is 0. The summed E-state index contributed by atoms with van der Waals surface area (Å²) < 4.78 is 28.9. The molecule has 4 heterocycles. The molecule has 4 aromatic heterocycles. The van der Waals surface area contributed by atoms with Gasteiger partial charge in [-0.15, -0.1) is 12.1 Å². The van der Waals surface area contributed by atoms with Crippen LogP contribution in [0.25, 0.3) is 22.8 Å². The number of hydrogen-bond acceptors (Lipinski definition) is 7. The minimum absolute atomic E-state index is 0. The Labute approximate surface area is 295 Å². The van der Waals surface area contributed by atoms with Crippen LogP contribution >= 0.6 is 0 Å². The molecule has 1 radical (unpaired) electrons. The number of rotatable bonds is 7. The van der Waals surface area contributed by atoms with Gasteiger partial charge in [0.05, 0.1) is 48.2 Å². The Morgan fingerprint density at radius 3 is 1.56 bits per heavy atom. The van der Waals surface area contributed by atoms with Crippen LogP contribution in [0.1, 0.15) is 22.8 Å². The van der Waals surface area contributed by atoms with E-state index in [1.807, 2.05) is 76.5 Å². The molecule has 0 saturated carbocycles. The summed E-state index contributed by atoms with van der Waals surface area (Å²) in [5.74, 6) is 2.87. The van der Waals surface area contributed by atoms with Gasteiger partial charge in [-0.3, -0.25) is 10.2 Å². The van der Waals surface area contributed by atoms with Crippen molar-refractivity contribution in [3.8, 4) is 45.8 Å². The van der Waals surface area contributed by atoms with E-state index in [0.717, 1.165) is 51.3 Å². The molecule has 13 heteroatoms. The van der Waals surface area contributed by atoms with E-state index in [2.05, 4.69) is 59.0 Å². The molecule has 0 saturated heterocycles. The number of pyridine rings is 1. The van der Waals surface area contributed by atoms with Crippen molar-refractivity contribution in [1.29, 1.82) is 0 Å². The Morgan fingerprint density at radius 1 is 0.729 bits per heavy atom. The van der Waals surface area contributed by atoms with Gasteiger partial charge in [0, 0.05) is 72.1 Å². The Hall–Kier alpha value is -5.00. The zero-order valence-electron chi connectivity index (χ0n) is 28.7. The second-order valence-electron chi connectivity index (χ2n) is 10.3. The first-order valence-electron chi connectivity index (χ1n) is 14.6. The molecular weight excluding hydrogens is 789 g/mol. The largest absolute Gasteiger partial charge is 0.560 e. The maximum atomic E-state index is 5.39. The van der Waals surface area contributed by atoms with Gasteiger partial charge in [-0.1, -0.05) is 24.4 Å². The Kier molecular flexibility index (Phi) is 13.5. The number of methoxy groups -OCH3 is 4. The van der Waals surface area contributed by atoms with Gasteiger partial charge in [-0.25, -0.2) is 0 Å². The molecule has 0 bridgehead atoms. The summed E-state index contributed by atoms with van der Waals surface area (Å²) >= 11 is 0. The van der Waals surface area contributed by atoms with E-state index < -0.39 is 0 Å². The molecular formula is C35H39IrN8O4-3. The van der Waals surface area contributed by atoms with Gasteiger partial charge in [-0.2, -0.15) is 12.1 Å². The van der Waals surface area contributed by atoms with Gasteiger partial charge in [0.1, 0.15) is 0 Å². The first-order valence-corrected chi connectivity index (χ1v) is 14.6. The van der Waals surface area contributed by atoms with Gasteiger partial charge >= 0.3 is 0 Å². The van der Waals surface area contributed by atoms with Crippen LogP contribution in [0.2, 0.25) is 0 Å². The number of ether oxygens (including phenoxy) is 4. The van der Waals surface area contributed by atoms with Gasteiger partial charge in [0.15, 0.2) is 0 Å². The number of aromatic nitrogens is 8. The molecule has 0 spiro atoms. The van der Waals surface area contributed by atoms with Crippen molar-refractivity contribution in [2.45, 2.75) is 27.7 Å². The summed E-state index contributed by atoms with van der Waals surface area (Å²) in [6, 6.07) is 19.2. The second kappa shape index (κ2) is 17.2. The smallest absolute Gasteiger partial charge is 0.241 e. The molecule has 0 amide bonds. The van der Waals surface area contributed by atoms with Crippen LogP contribution in [0.15, 0.2) is 54.9 Å². The van der Waals surface area contributed by atoms with Crippen molar-refractivity contribution in [1.82, 2.24) is 29.5 Å². The molecule has 255 valence electrons. The van der Waals surface area contributed by atoms with Crippen molar-refractivity contribution in [2.24, 2.45) is 14.1 Å². The van der Waals surface area contributed by atoms with E-state index in [0.29, 0.717) is 17.2 Å². The average Bonchev–Trinajstić information content (AvgIpc) is 3.81. The van der Waals surface area contributed by atoms with Crippen LogP contribution in [0, 0.1) is 52.5 Å². The molecule has 0 aliphatic heterocycles. The van der Waals surface area contributed by atoms with Crippen LogP contribution in [-0.2, 0) is 34.2 Å². The summed E-state index contributed by atoms with van der Waals surface area (Å²) in [5, 5.41) is 10.8. The third-order valence-corrected chi connectivity index (χ3v) is 7.61. The Morgan fingerprint density at radius 2 is 1.23 bits per heavy atom. The molecule has 0 fully saturated rings. The first kappa shape index (κ1) is 37.5. The predicted octanol–water partition coefficient (Wildman–Crippen LogP) is 3.57. The van der Waals surface area contributed by atoms with E-state index in [4.69, 9.17) is 18.9 Å². The van der Waals surface area contributed by atoms with Crippen LogP contribution in [-0.4, -0.2) is 52.9 Å². The molecule has 2 aromatic carbocycles. The van der Waals surface area contributed by atoms with E-state index in [-0.39, 0.29) is 20.1 Å². The van der Waals surface area contributed by atoms with Crippen LogP contribution in [0.3, 0.4) is 0 Å². The number of aryl methyl sites for hydroxylation is 2. The average molecular weight is 828 g/mol. The molecule has 0 aliphatic rings. The van der Waals surface area contributed by atoms with Crippen LogP contribution in [0.5, 0.6) is 23.0 Å². The number of nitrogens with zero attached hydrogens (tertiary/aromatic N) is 8. The normalized spacial score (nSPS) is 10.1. The molecule has 12 nitrogen and oxygen atoms in total. The van der Waals surface area contributed by atoms with Crippen molar-refractivity contribution in [3.05, 3.63) is 102 Å². The number of imidazole rings is 2. The summed E-state index contributed by atoms with van der Waals surface area (Å²) in [6.45, 7) is 8.20. The summed E-state index contributed by atoms with van der Waals surface area (Å²) in [7, 11) is 10.5. The first-order chi connectivity index (χ1) is 22.6. The fraction of sp³-hybridized carbons (Fsp3) is 0.286. The summed E-state index contributed by atoms with van der Waals surface area (Å²) in [4.78, 5) is 4.08. The van der Waals surface area contributed by atoms with Crippen molar-refractivity contribution in [3.63, 3.8) is 0 Å². The summed E-state index contributed by atoms with van der Waals surface area (Å²) in [5.41, 5.74) is 7.71. The van der Waals surface area contributed by atoms with Gasteiger partial charge < -0.3 is 47.4 Å². The monoisotopic (exact) mass is 828 g/mol. The minimum Gasteiger partial charge on any atom is -0.560 e. The van der Waals surface area contributed by atoms with Gasteiger partial charge in [0.2, 0.25) is 12.7 Å². The van der Waals surface area contributed by atoms with Crippen molar-refractivity contribution < 1.29 is 48.2 Å². The van der Waals surface area contributed by atoms with Crippen LogP contribution < -0.4 is 33.2 Å². The van der Waals surface area contributed by atoms with Crippen LogP contribution in [0.4, 0.5) is 0 Å². The fourth-order valence-electron chi connectivity index (χ4n) is 4.45. The van der Waals surface area contributed by atoms with Gasteiger partial charge in [-0.05, 0) is 56.9 Å². The third-order valence-electron chi connectivity index (χ3n) is 7.61. The molecule has 0 N–H and O–H groups in total. The molecule has 6 rings (SSSR count). The van der Waals surface area contributed by atoms with E-state index >= 15 is 0 Å². The van der Waals surface area contributed by atoms with Crippen molar-refractivity contribution in [2.75, 3.05) is 28.4 Å². The van der Waals surface area contributed by atoms with E-state index in [1.165, 1.54) is 0 Å². The molecule has 0 unspecified atom stereocenters. The predicted molar refractivity (Wildman–Crippen MR) is 173 cm³/mol. The Balaban J connectivity index is 0.000000199. The van der Waals surface area contributed by atoms with Crippen molar-refractivity contribution >= 4 is 0 Å². The second-order valence-corrected chi connectivity index (χ2v) is 10.3. The molecule has 0 atom stereocenters. The van der Waals surface area contributed by atoms with E-state index in [1.54, 1.807) is 53.0 Å². The third kappa shape index (κ3) is 8.47. The number of benzene rings is 2.